The molecule has 2 aliphatic heterocycles. The summed E-state index contributed by atoms with van der Waals surface area (Å²) in [7, 11) is 0. The van der Waals surface area contributed by atoms with Crippen molar-refractivity contribution < 1.29 is 9.32 Å². The van der Waals surface area contributed by atoms with Crippen LogP contribution >= 0.6 is 0 Å². The van der Waals surface area contributed by atoms with Gasteiger partial charge in [-0.3, -0.25) is 9.69 Å². The summed E-state index contributed by atoms with van der Waals surface area (Å²) in [5.74, 6) is 1.43. The third-order valence-corrected chi connectivity index (χ3v) is 5.06. The monoisotopic (exact) mass is 342 g/mol. The highest BCUT2D eigenvalue weighted by atomic mass is 16.5. The number of nitrogens with zero attached hydrogens (tertiary/aromatic N) is 6. The number of likely N-dealkylation sites (tertiary alicyclic amines) is 1. The van der Waals surface area contributed by atoms with Crippen LogP contribution in [0.1, 0.15) is 21.8 Å². The lowest BCUT2D eigenvalue weighted by atomic mass is 10.0. The van der Waals surface area contributed by atoms with E-state index in [2.05, 4.69) is 24.9 Å². The normalized spacial score (nSPS) is 19.1. The predicted octanol–water partition coefficient (Wildman–Crippen LogP) is 0.728. The van der Waals surface area contributed by atoms with Crippen molar-refractivity contribution in [3.63, 3.8) is 0 Å². The standard InChI is InChI=1S/C17H22N6O2/c1-12-15(13(2)25-20-12)16(24)23-10-14(11-23)21-6-8-22(9-7-21)17-18-4-3-5-19-17/h3-5,14H,6-11H2,1-2H3. The zero-order valence-corrected chi connectivity index (χ0v) is 14.6. The number of rotatable bonds is 3. The summed E-state index contributed by atoms with van der Waals surface area (Å²) in [5.41, 5.74) is 1.28. The number of aryl methyl sites for hydroxylation is 2. The minimum absolute atomic E-state index is 0.0313. The molecule has 132 valence electrons. The summed E-state index contributed by atoms with van der Waals surface area (Å²) >= 11 is 0. The van der Waals surface area contributed by atoms with E-state index in [-0.39, 0.29) is 5.91 Å². The van der Waals surface area contributed by atoms with Crippen LogP contribution in [0.5, 0.6) is 0 Å². The van der Waals surface area contributed by atoms with Gasteiger partial charge in [-0.15, -0.1) is 0 Å². The lowest BCUT2D eigenvalue weighted by Gasteiger charge is -2.48. The molecule has 0 atom stereocenters. The maximum Gasteiger partial charge on any atom is 0.259 e. The lowest BCUT2D eigenvalue weighted by Crippen LogP contribution is -2.64. The Hall–Kier alpha value is -2.48. The number of hydrogen-bond donors (Lipinski definition) is 0. The second kappa shape index (κ2) is 6.44. The molecule has 2 fully saturated rings. The Morgan fingerprint density at radius 1 is 1.12 bits per heavy atom. The highest BCUT2D eigenvalue weighted by Crippen LogP contribution is 2.23. The zero-order valence-electron chi connectivity index (χ0n) is 14.6. The Morgan fingerprint density at radius 3 is 2.40 bits per heavy atom. The second-order valence-corrected chi connectivity index (χ2v) is 6.63. The van der Waals surface area contributed by atoms with Gasteiger partial charge in [-0.25, -0.2) is 9.97 Å². The van der Waals surface area contributed by atoms with Crippen LogP contribution < -0.4 is 4.90 Å². The third kappa shape index (κ3) is 2.97. The van der Waals surface area contributed by atoms with Gasteiger partial charge in [-0.1, -0.05) is 5.16 Å². The maximum atomic E-state index is 12.6. The Labute approximate surface area is 146 Å². The van der Waals surface area contributed by atoms with Crippen molar-refractivity contribution in [3.8, 4) is 0 Å². The average molecular weight is 342 g/mol. The molecule has 8 heteroatoms. The second-order valence-electron chi connectivity index (χ2n) is 6.63. The Balaban J connectivity index is 1.30. The molecule has 2 aromatic rings. The quantitative estimate of drug-likeness (QED) is 0.813. The van der Waals surface area contributed by atoms with Crippen LogP contribution in [-0.4, -0.2) is 76.1 Å². The van der Waals surface area contributed by atoms with E-state index < -0.39 is 0 Å². The van der Waals surface area contributed by atoms with Crippen LogP contribution in [0.3, 0.4) is 0 Å². The smallest absolute Gasteiger partial charge is 0.259 e. The van der Waals surface area contributed by atoms with Crippen molar-refractivity contribution in [3.05, 3.63) is 35.5 Å². The minimum Gasteiger partial charge on any atom is -0.361 e. The van der Waals surface area contributed by atoms with Crippen LogP contribution in [0.15, 0.2) is 23.0 Å². The van der Waals surface area contributed by atoms with Crippen molar-refractivity contribution in [1.29, 1.82) is 0 Å². The topological polar surface area (TPSA) is 78.6 Å². The first-order valence-corrected chi connectivity index (χ1v) is 8.61. The van der Waals surface area contributed by atoms with Gasteiger partial charge in [0.25, 0.3) is 5.91 Å². The molecule has 0 bridgehead atoms. The molecular formula is C17H22N6O2. The van der Waals surface area contributed by atoms with Gasteiger partial charge in [-0.05, 0) is 19.9 Å². The van der Waals surface area contributed by atoms with Crippen LogP contribution in [0.25, 0.3) is 0 Å². The molecule has 0 N–H and O–H groups in total. The molecule has 0 unspecified atom stereocenters. The van der Waals surface area contributed by atoms with Gasteiger partial charge < -0.3 is 14.3 Å². The van der Waals surface area contributed by atoms with E-state index in [1.807, 2.05) is 17.9 Å². The SMILES string of the molecule is Cc1noc(C)c1C(=O)N1CC(N2CCN(c3ncccn3)CC2)C1. The van der Waals surface area contributed by atoms with Crippen molar-refractivity contribution in [1.82, 2.24) is 24.9 Å². The fourth-order valence-electron chi connectivity index (χ4n) is 3.54. The van der Waals surface area contributed by atoms with Gasteiger partial charge in [0.15, 0.2) is 0 Å². The molecule has 0 saturated carbocycles. The van der Waals surface area contributed by atoms with E-state index in [9.17, 15) is 4.79 Å². The first-order chi connectivity index (χ1) is 12.1. The Morgan fingerprint density at radius 2 is 1.80 bits per heavy atom. The fraction of sp³-hybridized carbons (Fsp3) is 0.529. The summed E-state index contributed by atoms with van der Waals surface area (Å²) in [6.45, 7) is 8.90. The van der Waals surface area contributed by atoms with Gasteiger partial charge in [0.1, 0.15) is 11.3 Å². The van der Waals surface area contributed by atoms with Gasteiger partial charge in [-0.2, -0.15) is 0 Å². The average Bonchev–Trinajstić information content (AvgIpc) is 2.93. The Kier molecular flexibility index (Phi) is 4.12. The van der Waals surface area contributed by atoms with E-state index >= 15 is 0 Å². The third-order valence-electron chi connectivity index (χ3n) is 5.06. The van der Waals surface area contributed by atoms with Crippen LogP contribution in [-0.2, 0) is 0 Å². The number of piperazine rings is 1. The Bertz CT molecular complexity index is 728. The summed E-state index contributed by atoms with van der Waals surface area (Å²) in [4.78, 5) is 27.8. The summed E-state index contributed by atoms with van der Waals surface area (Å²) in [6, 6.07) is 2.27. The summed E-state index contributed by atoms with van der Waals surface area (Å²) < 4.78 is 5.11. The number of amides is 1. The molecule has 4 heterocycles. The molecule has 2 saturated heterocycles. The van der Waals surface area contributed by atoms with Gasteiger partial charge in [0.2, 0.25) is 5.95 Å². The lowest BCUT2D eigenvalue weighted by molar-refractivity contribution is 0.0244. The van der Waals surface area contributed by atoms with Crippen molar-refractivity contribution in [2.24, 2.45) is 0 Å². The van der Waals surface area contributed by atoms with Crippen molar-refractivity contribution in [2.45, 2.75) is 19.9 Å². The number of anilines is 1. The molecule has 0 spiro atoms. The van der Waals surface area contributed by atoms with Crippen molar-refractivity contribution in [2.75, 3.05) is 44.2 Å². The molecule has 1 amide bonds. The number of carbonyl (C=O) groups excluding carboxylic acids is 1. The number of aromatic nitrogens is 3. The van der Waals surface area contributed by atoms with E-state index in [1.54, 1.807) is 19.3 Å². The predicted molar refractivity (Wildman–Crippen MR) is 91.5 cm³/mol. The highest BCUT2D eigenvalue weighted by molar-refractivity contribution is 5.96. The van der Waals surface area contributed by atoms with E-state index in [1.165, 1.54) is 0 Å². The van der Waals surface area contributed by atoms with Crippen LogP contribution in [0.2, 0.25) is 0 Å². The van der Waals surface area contributed by atoms with E-state index in [0.29, 0.717) is 23.1 Å². The molecule has 8 nitrogen and oxygen atoms in total. The number of hydrogen-bond acceptors (Lipinski definition) is 7. The molecule has 0 aliphatic carbocycles. The van der Waals surface area contributed by atoms with Gasteiger partial charge in [0, 0.05) is 57.7 Å². The first kappa shape index (κ1) is 16.0. The van der Waals surface area contributed by atoms with Gasteiger partial charge >= 0.3 is 0 Å². The van der Waals surface area contributed by atoms with Gasteiger partial charge in [0.05, 0.1) is 5.69 Å². The highest BCUT2D eigenvalue weighted by Gasteiger charge is 2.38. The maximum absolute atomic E-state index is 12.6. The largest absolute Gasteiger partial charge is 0.361 e. The minimum atomic E-state index is 0.0313. The van der Waals surface area contributed by atoms with Crippen LogP contribution in [0, 0.1) is 13.8 Å². The van der Waals surface area contributed by atoms with E-state index in [4.69, 9.17) is 4.52 Å². The summed E-state index contributed by atoms with van der Waals surface area (Å²) in [6.07, 6.45) is 3.55. The molecule has 0 aromatic carbocycles. The number of carbonyl (C=O) groups is 1. The first-order valence-electron chi connectivity index (χ1n) is 8.61. The van der Waals surface area contributed by atoms with Crippen LogP contribution in [0.4, 0.5) is 5.95 Å². The summed E-state index contributed by atoms with van der Waals surface area (Å²) in [5, 5.41) is 3.87. The molecule has 2 aliphatic rings. The molecule has 25 heavy (non-hydrogen) atoms. The molecule has 4 rings (SSSR count). The molecular weight excluding hydrogens is 320 g/mol. The van der Waals surface area contributed by atoms with E-state index in [0.717, 1.165) is 45.2 Å². The molecule has 0 radical (unpaired) electrons. The fourth-order valence-corrected chi connectivity index (χ4v) is 3.54. The van der Waals surface area contributed by atoms with Crippen molar-refractivity contribution >= 4 is 11.9 Å². The zero-order chi connectivity index (χ0) is 17.4. The molecule has 2 aromatic heterocycles.